The van der Waals surface area contributed by atoms with Crippen molar-refractivity contribution in [3.63, 3.8) is 0 Å². The van der Waals surface area contributed by atoms with Gasteiger partial charge < -0.3 is 10.8 Å². The van der Waals surface area contributed by atoms with Crippen LogP contribution in [0.15, 0.2) is 0 Å². The lowest BCUT2D eigenvalue weighted by atomic mass is 9.98. The Morgan fingerprint density at radius 3 is 2.62 bits per heavy atom. The summed E-state index contributed by atoms with van der Waals surface area (Å²) < 4.78 is 0. The van der Waals surface area contributed by atoms with Gasteiger partial charge in [0.1, 0.15) is 0 Å². The lowest BCUT2D eigenvalue weighted by Crippen LogP contribution is -2.39. The molecular weight excluding hydrogens is 218 g/mol. The van der Waals surface area contributed by atoms with Gasteiger partial charge in [-0.15, -0.1) is 0 Å². The summed E-state index contributed by atoms with van der Waals surface area (Å²) in [5.74, 6) is 3.62. The molecule has 0 spiro atoms. The molecule has 1 fully saturated rings. The molecule has 1 rings (SSSR count). The van der Waals surface area contributed by atoms with E-state index in [4.69, 9.17) is 10.8 Å². The van der Waals surface area contributed by atoms with Gasteiger partial charge in [-0.25, -0.2) is 0 Å². The molecule has 3 N–H and O–H groups in total. The van der Waals surface area contributed by atoms with E-state index in [9.17, 15) is 0 Å². The second kappa shape index (κ2) is 7.57. The number of aliphatic hydroxyl groups excluding tert-OH is 1. The molecule has 0 aromatic heterocycles. The Bertz CT molecular complexity index is 179. The van der Waals surface area contributed by atoms with Gasteiger partial charge in [-0.3, -0.25) is 0 Å². The van der Waals surface area contributed by atoms with E-state index >= 15 is 0 Å². The molecule has 0 amide bonds. The predicted molar refractivity (Wildman–Crippen MR) is 72.8 cm³/mol. The fourth-order valence-corrected chi connectivity index (χ4v) is 3.48. The first-order valence-corrected chi connectivity index (χ1v) is 7.77. The number of hydrogen-bond donors (Lipinski definition) is 2. The highest BCUT2D eigenvalue weighted by atomic mass is 32.2. The molecule has 1 unspecified atom stereocenters. The molecule has 1 atom stereocenters. The molecule has 1 aliphatic rings. The van der Waals surface area contributed by atoms with E-state index in [1.165, 1.54) is 43.6 Å². The lowest BCUT2D eigenvalue weighted by molar-refractivity contribution is 0.198. The first kappa shape index (κ1) is 14.3. The number of aliphatic hydroxyl groups is 1. The third kappa shape index (κ3) is 6.12. The summed E-state index contributed by atoms with van der Waals surface area (Å²) in [5, 5.41) is 9.01. The van der Waals surface area contributed by atoms with Crippen molar-refractivity contribution in [3.8, 4) is 0 Å². The topological polar surface area (TPSA) is 46.2 Å². The van der Waals surface area contributed by atoms with Crippen LogP contribution in [0.3, 0.4) is 0 Å². The fourth-order valence-electron chi connectivity index (χ4n) is 2.24. The molecule has 96 valence electrons. The summed E-state index contributed by atoms with van der Waals surface area (Å²) in [4.78, 5) is 0. The van der Waals surface area contributed by atoms with Crippen LogP contribution in [0, 0.1) is 5.92 Å². The second-order valence-corrected chi connectivity index (χ2v) is 6.64. The zero-order chi connectivity index (χ0) is 11.9. The van der Waals surface area contributed by atoms with Gasteiger partial charge in [0.15, 0.2) is 0 Å². The van der Waals surface area contributed by atoms with Gasteiger partial charge in [0.05, 0.1) is 6.61 Å². The highest BCUT2D eigenvalue weighted by Crippen LogP contribution is 2.28. The summed E-state index contributed by atoms with van der Waals surface area (Å²) in [6, 6.07) is 0. The zero-order valence-electron chi connectivity index (χ0n) is 10.6. The van der Waals surface area contributed by atoms with Crippen molar-refractivity contribution in [2.24, 2.45) is 11.7 Å². The van der Waals surface area contributed by atoms with Crippen LogP contribution in [-0.4, -0.2) is 28.8 Å². The minimum absolute atomic E-state index is 0.0994. The van der Waals surface area contributed by atoms with Crippen LogP contribution in [0.1, 0.15) is 51.9 Å². The molecule has 2 nitrogen and oxygen atoms in total. The van der Waals surface area contributed by atoms with Crippen LogP contribution in [0.4, 0.5) is 0 Å². The average Bonchev–Trinajstić information content (AvgIpc) is 2.76. The number of rotatable bonds is 8. The molecule has 1 aliphatic carbocycles. The second-order valence-electron chi connectivity index (χ2n) is 5.49. The Balaban J connectivity index is 1.88. The van der Waals surface area contributed by atoms with Crippen LogP contribution >= 0.6 is 11.8 Å². The minimum Gasteiger partial charge on any atom is -0.394 e. The largest absolute Gasteiger partial charge is 0.394 e. The maximum atomic E-state index is 9.01. The van der Waals surface area contributed by atoms with Crippen molar-refractivity contribution < 1.29 is 5.11 Å². The molecule has 0 aromatic rings. The molecule has 0 aromatic carbocycles. The van der Waals surface area contributed by atoms with Gasteiger partial charge in [-0.1, -0.05) is 19.3 Å². The van der Waals surface area contributed by atoms with Crippen LogP contribution in [0.2, 0.25) is 0 Å². The maximum Gasteiger partial charge on any atom is 0.0608 e. The maximum absolute atomic E-state index is 9.01. The number of thioether (sulfide) groups is 1. The molecule has 0 bridgehead atoms. The van der Waals surface area contributed by atoms with Gasteiger partial charge in [0.2, 0.25) is 0 Å². The summed E-state index contributed by atoms with van der Waals surface area (Å²) in [6.45, 7) is 2.03. The Labute approximate surface area is 104 Å². The van der Waals surface area contributed by atoms with Gasteiger partial charge in [0.25, 0.3) is 0 Å². The van der Waals surface area contributed by atoms with E-state index < -0.39 is 0 Å². The van der Waals surface area contributed by atoms with E-state index in [1.807, 2.05) is 6.92 Å². The van der Waals surface area contributed by atoms with Crippen LogP contribution in [0.25, 0.3) is 0 Å². The first-order chi connectivity index (χ1) is 7.64. The first-order valence-electron chi connectivity index (χ1n) is 6.61. The molecule has 16 heavy (non-hydrogen) atoms. The SMILES string of the molecule is CC(N)(CO)CCCCSCC1CCCC1. The van der Waals surface area contributed by atoms with Gasteiger partial charge in [-0.2, -0.15) is 11.8 Å². The van der Waals surface area contributed by atoms with Gasteiger partial charge in [0, 0.05) is 5.54 Å². The highest BCUT2D eigenvalue weighted by molar-refractivity contribution is 7.99. The number of unbranched alkanes of at least 4 members (excludes halogenated alkanes) is 1. The van der Waals surface area contributed by atoms with E-state index in [0.29, 0.717) is 0 Å². The number of nitrogens with two attached hydrogens (primary N) is 1. The van der Waals surface area contributed by atoms with Crippen molar-refractivity contribution in [2.75, 3.05) is 18.1 Å². The summed E-state index contributed by atoms with van der Waals surface area (Å²) >= 11 is 2.11. The van der Waals surface area contributed by atoms with Gasteiger partial charge in [-0.05, 0) is 50.0 Å². The monoisotopic (exact) mass is 245 g/mol. The van der Waals surface area contributed by atoms with Crippen molar-refractivity contribution in [3.05, 3.63) is 0 Å². The van der Waals surface area contributed by atoms with Crippen molar-refractivity contribution in [1.29, 1.82) is 0 Å². The van der Waals surface area contributed by atoms with Crippen molar-refractivity contribution in [1.82, 2.24) is 0 Å². The summed E-state index contributed by atoms with van der Waals surface area (Å²) in [5.41, 5.74) is 5.51. The minimum atomic E-state index is -0.365. The zero-order valence-corrected chi connectivity index (χ0v) is 11.4. The average molecular weight is 245 g/mol. The Morgan fingerprint density at radius 1 is 1.31 bits per heavy atom. The molecule has 3 heteroatoms. The number of hydrogen-bond acceptors (Lipinski definition) is 3. The van der Waals surface area contributed by atoms with E-state index in [0.717, 1.165) is 18.8 Å². The normalized spacial score (nSPS) is 21.2. The predicted octanol–water partition coefficient (Wildman–Crippen LogP) is 2.79. The standard InChI is InChI=1S/C13H27NOS/c1-13(14,11-15)8-4-5-9-16-10-12-6-2-3-7-12/h12,15H,2-11,14H2,1H3. The molecule has 0 heterocycles. The van der Waals surface area contributed by atoms with E-state index in [2.05, 4.69) is 11.8 Å². The van der Waals surface area contributed by atoms with Crippen LogP contribution in [0.5, 0.6) is 0 Å². The summed E-state index contributed by atoms with van der Waals surface area (Å²) in [7, 11) is 0. The van der Waals surface area contributed by atoms with Crippen molar-refractivity contribution >= 4 is 11.8 Å². The molecular formula is C13H27NOS. The smallest absolute Gasteiger partial charge is 0.0608 e. The highest BCUT2D eigenvalue weighted by Gasteiger charge is 2.16. The Morgan fingerprint density at radius 2 is 2.00 bits per heavy atom. The fraction of sp³-hybridized carbons (Fsp3) is 1.00. The van der Waals surface area contributed by atoms with E-state index in [1.54, 1.807) is 0 Å². The lowest BCUT2D eigenvalue weighted by Gasteiger charge is -2.21. The van der Waals surface area contributed by atoms with Crippen molar-refractivity contribution in [2.45, 2.75) is 57.4 Å². The third-order valence-corrected chi connectivity index (χ3v) is 4.76. The summed E-state index contributed by atoms with van der Waals surface area (Å²) in [6.07, 6.45) is 9.14. The van der Waals surface area contributed by atoms with Crippen LogP contribution < -0.4 is 5.73 Å². The molecule has 1 saturated carbocycles. The quantitative estimate of drug-likeness (QED) is 0.646. The molecule has 0 aliphatic heterocycles. The van der Waals surface area contributed by atoms with Gasteiger partial charge >= 0.3 is 0 Å². The van der Waals surface area contributed by atoms with E-state index in [-0.39, 0.29) is 12.1 Å². The van der Waals surface area contributed by atoms with Crippen LogP contribution in [-0.2, 0) is 0 Å². The Kier molecular flexibility index (Phi) is 6.78. The Hall–Kier alpha value is 0.270. The third-order valence-electron chi connectivity index (χ3n) is 3.48. The molecule has 0 radical (unpaired) electrons. The molecule has 0 saturated heterocycles.